The van der Waals surface area contributed by atoms with Gasteiger partial charge in [-0.25, -0.2) is 0 Å². The first-order chi connectivity index (χ1) is 11.1. The van der Waals surface area contributed by atoms with Crippen LogP contribution in [0.15, 0.2) is 54.6 Å². The molecule has 0 radical (unpaired) electrons. The fraction of sp³-hybridized carbons (Fsp3) is 0.263. The minimum Gasteiger partial charge on any atom is -0.326 e. The van der Waals surface area contributed by atoms with E-state index >= 15 is 0 Å². The van der Waals surface area contributed by atoms with Gasteiger partial charge in [0, 0.05) is 29.9 Å². The van der Waals surface area contributed by atoms with Gasteiger partial charge in [0.05, 0.1) is 0 Å². The molecule has 0 atom stereocenters. The number of hydrogen-bond acceptors (Lipinski definition) is 2. The van der Waals surface area contributed by atoms with Crippen LogP contribution in [0.4, 0.5) is 11.4 Å². The van der Waals surface area contributed by atoms with Crippen molar-refractivity contribution in [2.75, 3.05) is 17.3 Å². The second-order valence-electron chi connectivity index (χ2n) is 5.89. The zero-order valence-electron chi connectivity index (χ0n) is 13.2. The standard InChI is InChI=1S/C19H20N2O2/c1-21(17-8-3-2-4-9-17)19(23)15-10-12-16(13-11-15)20-18(22)14-6-5-7-14/h2-4,8-14H,5-7H2,1H3,(H,20,22). The van der Waals surface area contributed by atoms with Crippen molar-refractivity contribution < 1.29 is 9.59 Å². The molecule has 0 spiro atoms. The third kappa shape index (κ3) is 3.42. The van der Waals surface area contributed by atoms with Crippen LogP contribution in [-0.2, 0) is 4.79 Å². The molecule has 1 aliphatic carbocycles. The van der Waals surface area contributed by atoms with Gasteiger partial charge in [-0.2, -0.15) is 0 Å². The highest BCUT2D eigenvalue weighted by Gasteiger charge is 2.25. The Morgan fingerprint density at radius 2 is 1.65 bits per heavy atom. The van der Waals surface area contributed by atoms with Crippen LogP contribution in [0, 0.1) is 5.92 Å². The third-order valence-corrected chi connectivity index (χ3v) is 4.32. The average molecular weight is 308 g/mol. The largest absolute Gasteiger partial charge is 0.326 e. The van der Waals surface area contributed by atoms with E-state index in [1.807, 2.05) is 30.3 Å². The van der Waals surface area contributed by atoms with Crippen molar-refractivity contribution in [3.63, 3.8) is 0 Å². The van der Waals surface area contributed by atoms with Crippen LogP contribution < -0.4 is 10.2 Å². The lowest BCUT2D eigenvalue weighted by Gasteiger charge is -2.24. The van der Waals surface area contributed by atoms with Crippen molar-refractivity contribution in [1.29, 1.82) is 0 Å². The van der Waals surface area contributed by atoms with E-state index in [0.717, 1.165) is 30.6 Å². The summed E-state index contributed by atoms with van der Waals surface area (Å²) in [5, 5.41) is 2.91. The number of carbonyl (C=O) groups excluding carboxylic acids is 2. The van der Waals surface area contributed by atoms with E-state index < -0.39 is 0 Å². The molecule has 1 N–H and O–H groups in total. The van der Waals surface area contributed by atoms with Gasteiger partial charge < -0.3 is 10.2 Å². The SMILES string of the molecule is CN(C(=O)c1ccc(NC(=O)C2CCC2)cc1)c1ccccc1. The smallest absolute Gasteiger partial charge is 0.258 e. The molecule has 0 heterocycles. The molecule has 4 nitrogen and oxygen atoms in total. The first kappa shape index (κ1) is 15.3. The summed E-state index contributed by atoms with van der Waals surface area (Å²) in [6.07, 6.45) is 3.09. The Bertz CT molecular complexity index is 691. The Morgan fingerprint density at radius 3 is 2.22 bits per heavy atom. The monoisotopic (exact) mass is 308 g/mol. The Kier molecular flexibility index (Phi) is 4.42. The van der Waals surface area contributed by atoms with Crippen molar-refractivity contribution in [2.24, 2.45) is 5.92 Å². The summed E-state index contributed by atoms with van der Waals surface area (Å²) in [5.41, 5.74) is 2.18. The van der Waals surface area contributed by atoms with E-state index in [9.17, 15) is 9.59 Å². The third-order valence-electron chi connectivity index (χ3n) is 4.32. The second-order valence-corrected chi connectivity index (χ2v) is 5.89. The minimum atomic E-state index is -0.0759. The van der Waals surface area contributed by atoms with E-state index in [1.54, 1.807) is 36.2 Å². The minimum absolute atomic E-state index is 0.0759. The lowest BCUT2D eigenvalue weighted by atomic mass is 9.85. The first-order valence-corrected chi connectivity index (χ1v) is 7.89. The number of hydrogen-bond donors (Lipinski definition) is 1. The number of rotatable bonds is 4. The molecule has 0 aliphatic heterocycles. The van der Waals surface area contributed by atoms with Crippen molar-refractivity contribution in [2.45, 2.75) is 19.3 Å². The summed E-state index contributed by atoms with van der Waals surface area (Å²) in [5.74, 6) is 0.158. The Balaban J connectivity index is 1.66. The summed E-state index contributed by atoms with van der Waals surface area (Å²) in [6.45, 7) is 0. The predicted molar refractivity (Wildman–Crippen MR) is 91.6 cm³/mol. The number of nitrogens with one attached hydrogen (secondary N) is 1. The molecule has 1 fully saturated rings. The summed E-state index contributed by atoms with van der Waals surface area (Å²) >= 11 is 0. The maximum absolute atomic E-state index is 12.5. The number of carbonyl (C=O) groups is 2. The average Bonchev–Trinajstić information content (AvgIpc) is 2.53. The van der Waals surface area contributed by atoms with E-state index in [2.05, 4.69) is 5.32 Å². The molecule has 3 rings (SSSR count). The van der Waals surface area contributed by atoms with Gasteiger partial charge in [-0.3, -0.25) is 9.59 Å². The molecule has 2 aromatic rings. The molecule has 1 aliphatic rings. The molecular weight excluding hydrogens is 288 g/mol. The molecule has 1 saturated carbocycles. The van der Waals surface area contributed by atoms with Crippen LogP contribution in [0.3, 0.4) is 0 Å². The summed E-state index contributed by atoms with van der Waals surface area (Å²) in [6, 6.07) is 16.6. The van der Waals surface area contributed by atoms with Crippen molar-refractivity contribution >= 4 is 23.2 Å². The molecule has 0 bridgehead atoms. The quantitative estimate of drug-likeness (QED) is 0.936. The number of benzene rings is 2. The number of para-hydroxylation sites is 1. The summed E-state index contributed by atoms with van der Waals surface area (Å²) in [4.78, 5) is 26.0. The van der Waals surface area contributed by atoms with Crippen molar-refractivity contribution in [1.82, 2.24) is 0 Å². The number of amides is 2. The maximum Gasteiger partial charge on any atom is 0.258 e. The molecule has 0 unspecified atom stereocenters. The molecular formula is C19H20N2O2. The lowest BCUT2D eigenvalue weighted by Crippen LogP contribution is -2.28. The lowest BCUT2D eigenvalue weighted by molar-refractivity contribution is -0.122. The highest BCUT2D eigenvalue weighted by molar-refractivity contribution is 6.06. The normalized spacial score (nSPS) is 14.0. The highest BCUT2D eigenvalue weighted by Crippen LogP contribution is 2.27. The van der Waals surface area contributed by atoms with Gasteiger partial charge in [0.2, 0.25) is 5.91 Å². The van der Waals surface area contributed by atoms with Crippen molar-refractivity contribution in [3.8, 4) is 0 Å². The molecule has 23 heavy (non-hydrogen) atoms. The zero-order valence-corrected chi connectivity index (χ0v) is 13.2. The van der Waals surface area contributed by atoms with Crippen LogP contribution in [-0.4, -0.2) is 18.9 Å². The molecule has 2 amide bonds. The van der Waals surface area contributed by atoms with E-state index in [0.29, 0.717) is 5.56 Å². The predicted octanol–water partition coefficient (Wildman–Crippen LogP) is 3.70. The zero-order chi connectivity index (χ0) is 16.2. The van der Waals surface area contributed by atoms with Crippen LogP contribution in [0.2, 0.25) is 0 Å². The fourth-order valence-electron chi connectivity index (χ4n) is 2.57. The van der Waals surface area contributed by atoms with E-state index in [4.69, 9.17) is 0 Å². The van der Waals surface area contributed by atoms with Gasteiger partial charge in [-0.05, 0) is 49.2 Å². The molecule has 0 aromatic heterocycles. The Morgan fingerprint density at radius 1 is 1.00 bits per heavy atom. The number of anilines is 2. The maximum atomic E-state index is 12.5. The van der Waals surface area contributed by atoms with Crippen LogP contribution in [0.25, 0.3) is 0 Å². The first-order valence-electron chi connectivity index (χ1n) is 7.89. The fourth-order valence-corrected chi connectivity index (χ4v) is 2.57. The topological polar surface area (TPSA) is 49.4 Å². The molecule has 0 saturated heterocycles. The van der Waals surface area contributed by atoms with Gasteiger partial charge in [0.25, 0.3) is 5.91 Å². The second kappa shape index (κ2) is 6.65. The van der Waals surface area contributed by atoms with Gasteiger partial charge in [0.1, 0.15) is 0 Å². The van der Waals surface area contributed by atoms with Gasteiger partial charge in [-0.15, -0.1) is 0 Å². The van der Waals surface area contributed by atoms with Crippen molar-refractivity contribution in [3.05, 3.63) is 60.2 Å². The van der Waals surface area contributed by atoms with Crippen LogP contribution >= 0.6 is 0 Å². The van der Waals surface area contributed by atoms with Crippen LogP contribution in [0.1, 0.15) is 29.6 Å². The Labute approximate surface area is 136 Å². The van der Waals surface area contributed by atoms with E-state index in [1.165, 1.54) is 0 Å². The van der Waals surface area contributed by atoms with Gasteiger partial charge in [0.15, 0.2) is 0 Å². The summed E-state index contributed by atoms with van der Waals surface area (Å²) < 4.78 is 0. The Hall–Kier alpha value is -2.62. The molecule has 4 heteroatoms. The number of nitrogens with zero attached hydrogens (tertiary/aromatic N) is 1. The van der Waals surface area contributed by atoms with Crippen LogP contribution in [0.5, 0.6) is 0 Å². The van der Waals surface area contributed by atoms with E-state index in [-0.39, 0.29) is 17.7 Å². The van der Waals surface area contributed by atoms with Gasteiger partial charge in [-0.1, -0.05) is 24.6 Å². The summed E-state index contributed by atoms with van der Waals surface area (Å²) in [7, 11) is 1.75. The molecule has 2 aromatic carbocycles. The van der Waals surface area contributed by atoms with Gasteiger partial charge >= 0.3 is 0 Å². The molecule has 118 valence electrons. The highest BCUT2D eigenvalue weighted by atomic mass is 16.2.